The van der Waals surface area contributed by atoms with E-state index in [1.165, 1.54) is 33.0 Å². The van der Waals surface area contributed by atoms with Crippen molar-refractivity contribution in [3.63, 3.8) is 0 Å². The van der Waals surface area contributed by atoms with Crippen LogP contribution >= 0.6 is 0 Å². The molecule has 3 aromatic rings. The summed E-state index contributed by atoms with van der Waals surface area (Å²) in [5.41, 5.74) is 6.40. The number of benzene rings is 3. The smallest absolute Gasteiger partial charge is 0.0337 e. The molecule has 0 aliphatic heterocycles. The SMILES string of the molecule is CC.CNc1ccc(C2=Cc3cccc4cccc2c34)cc1. The van der Waals surface area contributed by atoms with Gasteiger partial charge in [-0.3, -0.25) is 0 Å². The Morgan fingerprint density at radius 2 is 1.45 bits per heavy atom. The molecule has 1 heteroatoms. The lowest BCUT2D eigenvalue weighted by Gasteiger charge is -2.07. The van der Waals surface area contributed by atoms with Crippen LogP contribution < -0.4 is 5.32 Å². The number of hydrogen-bond donors (Lipinski definition) is 1. The minimum Gasteiger partial charge on any atom is -0.388 e. The quantitative estimate of drug-likeness (QED) is 0.490. The third kappa shape index (κ3) is 2.29. The zero-order valence-electron chi connectivity index (χ0n) is 13.4. The summed E-state index contributed by atoms with van der Waals surface area (Å²) in [7, 11) is 1.94. The van der Waals surface area contributed by atoms with Gasteiger partial charge in [-0.05, 0) is 51.2 Å². The third-order valence-corrected chi connectivity index (χ3v) is 4.01. The van der Waals surface area contributed by atoms with Gasteiger partial charge in [-0.15, -0.1) is 0 Å². The fourth-order valence-corrected chi connectivity index (χ4v) is 3.00. The molecule has 0 bridgehead atoms. The summed E-state index contributed by atoms with van der Waals surface area (Å²) >= 11 is 0. The van der Waals surface area contributed by atoms with Crippen LogP contribution in [0, 0.1) is 0 Å². The first kappa shape index (κ1) is 14.4. The summed E-state index contributed by atoms with van der Waals surface area (Å²) < 4.78 is 0. The zero-order chi connectivity index (χ0) is 15.5. The second kappa shape index (κ2) is 6.07. The van der Waals surface area contributed by atoms with Gasteiger partial charge in [-0.1, -0.05) is 62.4 Å². The van der Waals surface area contributed by atoms with E-state index >= 15 is 0 Å². The van der Waals surface area contributed by atoms with E-state index in [0.717, 1.165) is 5.69 Å². The predicted octanol–water partition coefficient (Wildman–Crippen LogP) is 5.81. The van der Waals surface area contributed by atoms with Gasteiger partial charge in [-0.25, -0.2) is 0 Å². The van der Waals surface area contributed by atoms with Crippen LogP contribution in [0.5, 0.6) is 0 Å². The van der Waals surface area contributed by atoms with Crippen LogP contribution in [0.25, 0.3) is 22.4 Å². The van der Waals surface area contributed by atoms with Crippen LogP contribution in [-0.2, 0) is 0 Å². The van der Waals surface area contributed by atoms with E-state index in [2.05, 4.69) is 72.1 Å². The zero-order valence-corrected chi connectivity index (χ0v) is 13.4. The van der Waals surface area contributed by atoms with Gasteiger partial charge in [0.25, 0.3) is 0 Å². The molecular formula is C21H21N. The molecule has 0 fully saturated rings. The molecule has 0 radical (unpaired) electrons. The van der Waals surface area contributed by atoms with Crippen molar-refractivity contribution >= 4 is 28.1 Å². The Labute approximate surface area is 132 Å². The third-order valence-electron chi connectivity index (χ3n) is 4.01. The predicted molar refractivity (Wildman–Crippen MR) is 98.3 cm³/mol. The fraction of sp³-hybridized carbons (Fsp3) is 0.143. The standard InChI is InChI=1S/C19H15N.C2H6/c1-20-16-10-8-13(9-11-16)18-12-15-6-2-4-14-5-3-7-17(18)19(14)15;1-2/h2-12,20H,1H3;1-2H3. The molecule has 4 rings (SSSR count). The van der Waals surface area contributed by atoms with Crippen molar-refractivity contribution in [3.8, 4) is 0 Å². The molecule has 1 nitrogen and oxygen atoms in total. The van der Waals surface area contributed by atoms with Gasteiger partial charge >= 0.3 is 0 Å². The Morgan fingerprint density at radius 3 is 2.14 bits per heavy atom. The molecule has 110 valence electrons. The highest BCUT2D eigenvalue weighted by atomic mass is 14.8. The largest absolute Gasteiger partial charge is 0.388 e. The lowest BCUT2D eigenvalue weighted by Crippen LogP contribution is -1.89. The number of nitrogens with one attached hydrogen (secondary N) is 1. The minimum atomic E-state index is 1.14. The topological polar surface area (TPSA) is 12.0 Å². The van der Waals surface area contributed by atoms with Gasteiger partial charge in [0.1, 0.15) is 0 Å². The normalized spacial score (nSPS) is 11.7. The van der Waals surface area contributed by atoms with Crippen LogP contribution in [0.4, 0.5) is 5.69 Å². The molecule has 0 saturated carbocycles. The summed E-state index contributed by atoms with van der Waals surface area (Å²) in [6, 6.07) is 21.7. The second-order valence-corrected chi connectivity index (χ2v) is 5.14. The lowest BCUT2D eigenvalue weighted by molar-refractivity contribution is 1.50. The van der Waals surface area contributed by atoms with Gasteiger partial charge in [0.15, 0.2) is 0 Å². The van der Waals surface area contributed by atoms with E-state index in [1.54, 1.807) is 0 Å². The monoisotopic (exact) mass is 287 g/mol. The number of anilines is 1. The molecule has 1 aliphatic carbocycles. The Morgan fingerprint density at radius 1 is 0.773 bits per heavy atom. The Kier molecular flexibility index (Phi) is 3.97. The van der Waals surface area contributed by atoms with E-state index in [-0.39, 0.29) is 0 Å². The summed E-state index contributed by atoms with van der Waals surface area (Å²) in [5.74, 6) is 0. The Hall–Kier alpha value is -2.54. The maximum Gasteiger partial charge on any atom is 0.0337 e. The average Bonchev–Trinajstić information content (AvgIpc) is 2.98. The molecule has 0 unspecified atom stereocenters. The summed E-state index contributed by atoms with van der Waals surface area (Å²) in [6.45, 7) is 4.00. The average molecular weight is 287 g/mol. The van der Waals surface area contributed by atoms with Crippen molar-refractivity contribution in [2.75, 3.05) is 12.4 Å². The molecule has 1 N–H and O–H groups in total. The molecule has 0 heterocycles. The fourth-order valence-electron chi connectivity index (χ4n) is 3.00. The van der Waals surface area contributed by atoms with E-state index in [1.807, 2.05) is 20.9 Å². The summed E-state index contributed by atoms with van der Waals surface area (Å²) in [5, 5.41) is 5.86. The molecule has 1 aliphatic rings. The highest BCUT2D eigenvalue weighted by Gasteiger charge is 2.16. The van der Waals surface area contributed by atoms with Crippen molar-refractivity contribution in [3.05, 3.63) is 77.4 Å². The van der Waals surface area contributed by atoms with E-state index in [0.29, 0.717) is 0 Å². The first-order valence-electron chi connectivity index (χ1n) is 7.89. The molecule has 0 aromatic heterocycles. The Balaban J connectivity index is 0.000000693. The van der Waals surface area contributed by atoms with E-state index in [9.17, 15) is 0 Å². The molecule has 22 heavy (non-hydrogen) atoms. The van der Waals surface area contributed by atoms with E-state index in [4.69, 9.17) is 0 Å². The van der Waals surface area contributed by atoms with Crippen molar-refractivity contribution in [1.29, 1.82) is 0 Å². The van der Waals surface area contributed by atoms with E-state index < -0.39 is 0 Å². The lowest BCUT2D eigenvalue weighted by atomic mass is 9.98. The minimum absolute atomic E-state index is 1.14. The molecule has 0 saturated heterocycles. The maximum atomic E-state index is 3.16. The number of rotatable bonds is 2. The molecule has 3 aromatic carbocycles. The molecule has 0 spiro atoms. The highest BCUT2D eigenvalue weighted by molar-refractivity contribution is 6.12. The van der Waals surface area contributed by atoms with Crippen LogP contribution in [0.1, 0.15) is 30.5 Å². The van der Waals surface area contributed by atoms with Gasteiger partial charge in [0.2, 0.25) is 0 Å². The Bertz CT molecular complexity index is 821. The second-order valence-electron chi connectivity index (χ2n) is 5.14. The van der Waals surface area contributed by atoms with Crippen molar-refractivity contribution < 1.29 is 0 Å². The van der Waals surface area contributed by atoms with Gasteiger partial charge in [0.05, 0.1) is 0 Å². The molecule has 0 atom stereocenters. The van der Waals surface area contributed by atoms with Crippen LogP contribution in [0.3, 0.4) is 0 Å². The maximum absolute atomic E-state index is 3.16. The first-order chi connectivity index (χ1) is 10.9. The highest BCUT2D eigenvalue weighted by Crippen LogP contribution is 2.39. The first-order valence-corrected chi connectivity index (χ1v) is 7.89. The van der Waals surface area contributed by atoms with Crippen LogP contribution in [0.15, 0.2) is 60.7 Å². The van der Waals surface area contributed by atoms with Crippen LogP contribution in [0.2, 0.25) is 0 Å². The van der Waals surface area contributed by atoms with Crippen molar-refractivity contribution in [1.82, 2.24) is 0 Å². The van der Waals surface area contributed by atoms with Crippen molar-refractivity contribution in [2.45, 2.75) is 13.8 Å². The van der Waals surface area contributed by atoms with Gasteiger partial charge in [-0.2, -0.15) is 0 Å². The van der Waals surface area contributed by atoms with Gasteiger partial charge in [0, 0.05) is 12.7 Å². The molecular weight excluding hydrogens is 266 g/mol. The van der Waals surface area contributed by atoms with Crippen LogP contribution in [-0.4, -0.2) is 7.05 Å². The summed E-state index contributed by atoms with van der Waals surface area (Å²) in [4.78, 5) is 0. The number of hydrogen-bond acceptors (Lipinski definition) is 1. The summed E-state index contributed by atoms with van der Waals surface area (Å²) in [6.07, 6.45) is 2.30. The van der Waals surface area contributed by atoms with Crippen molar-refractivity contribution in [2.24, 2.45) is 0 Å². The molecule has 0 amide bonds. The van der Waals surface area contributed by atoms with Gasteiger partial charge < -0.3 is 5.32 Å².